The summed E-state index contributed by atoms with van der Waals surface area (Å²) in [6.45, 7) is 2.02. The number of aryl methyl sites for hydroxylation is 1. The maximum atomic E-state index is 13.1. The van der Waals surface area contributed by atoms with E-state index >= 15 is 0 Å². The van der Waals surface area contributed by atoms with Gasteiger partial charge in [0.05, 0.1) is 5.92 Å². The first-order valence-electron chi connectivity index (χ1n) is 7.57. The van der Waals surface area contributed by atoms with E-state index in [1.807, 2.05) is 0 Å². The number of hydrogen-bond acceptors (Lipinski definition) is 2. The Kier molecular flexibility index (Phi) is 4.53. The van der Waals surface area contributed by atoms with Crippen LogP contribution < -0.4 is 10.2 Å². The molecule has 6 heteroatoms. The molecule has 0 aliphatic carbocycles. The van der Waals surface area contributed by atoms with E-state index < -0.39 is 5.92 Å². The second-order valence-electron chi connectivity index (χ2n) is 5.83. The van der Waals surface area contributed by atoms with Gasteiger partial charge in [-0.2, -0.15) is 0 Å². The molecule has 2 amide bonds. The predicted molar refractivity (Wildman–Crippen MR) is 91.7 cm³/mol. The first kappa shape index (κ1) is 16.5. The summed E-state index contributed by atoms with van der Waals surface area (Å²) in [7, 11) is 0. The Hall–Kier alpha value is -2.40. The highest BCUT2D eigenvalue weighted by Crippen LogP contribution is 2.28. The third-order valence-corrected chi connectivity index (χ3v) is 4.30. The molecule has 1 atom stereocenters. The van der Waals surface area contributed by atoms with Crippen molar-refractivity contribution in [3.8, 4) is 0 Å². The lowest BCUT2D eigenvalue weighted by atomic mass is 10.1. The number of amides is 2. The van der Waals surface area contributed by atoms with Gasteiger partial charge in [0.1, 0.15) is 5.82 Å². The molecule has 0 saturated carbocycles. The normalized spacial score (nSPS) is 17.2. The maximum Gasteiger partial charge on any atom is 0.229 e. The summed E-state index contributed by atoms with van der Waals surface area (Å²) in [6, 6.07) is 11.1. The van der Waals surface area contributed by atoms with E-state index in [4.69, 9.17) is 11.6 Å². The first-order chi connectivity index (χ1) is 11.4. The smallest absolute Gasteiger partial charge is 0.229 e. The molecule has 0 spiro atoms. The summed E-state index contributed by atoms with van der Waals surface area (Å²) < 4.78 is 13.1. The number of rotatable bonds is 3. The van der Waals surface area contributed by atoms with E-state index in [1.54, 1.807) is 36.1 Å². The van der Waals surface area contributed by atoms with Crippen molar-refractivity contribution < 1.29 is 14.0 Å². The summed E-state index contributed by atoms with van der Waals surface area (Å²) in [5, 5.41) is 3.31. The van der Waals surface area contributed by atoms with Gasteiger partial charge in [-0.05, 0) is 48.9 Å². The van der Waals surface area contributed by atoms with Gasteiger partial charge in [0.25, 0.3) is 0 Å². The molecule has 0 radical (unpaired) electrons. The van der Waals surface area contributed by atoms with Gasteiger partial charge in [-0.3, -0.25) is 9.59 Å². The fraction of sp³-hybridized carbons (Fsp3) is 0.222. The third-order valence-electron chi connectivity index (χ3n) is 4.06. The predicted octanol–water partition coefficient (Wildman–Crippen LogP) is 3.78. The Labute approximate surface area is 144 Å². The number of carbonyl (C=O) groups excluding carboxylic acids is 2. The summed E-state index contributed by atoms with van der Waals surface area (Å²) in [4.78, 5) is 26.2. The fourth-order valence-electron chi connectivity index (χ4n) is 2.78. The highest BCUT2D eigenvalue weighted by Gasteiger charge is 2.35. The van der Waals surface area contributed by atoms with Crippen LogP contribution in [0.5, 0.6) is 0 Å². The van der Waals surface area contributed by atoms with Gasteiger partial charge >= 0.3 is 0 Å². The Morgan fingerprint density at radius 1 is 1.29 bits per heavy atom. The molecule has 1 aliphatic rings. The highest BCUT2D eigenvalue weighted by molar-refractivity contribution is 6.31. The van der Waals surface area contributed by atoms with E-state index in [-0.39, 0.29) is 24.1 Å². The van der Waals surface area contributed by atoms with Gasteiger partial charge in [-0.15, -0.1) is 0 Å². The lowest BCUT2D eigenvalue weighted by Gasteiger charge is -2.17. The molecule has 1 fully saturated rings. The standard InChI is InChI=1S/C18H16ClFN2O2/c1-11-7-14(20)5-6-16(11)21-18(24)12-8-17(23)22(10-12)15-4-2-3-13(19)9-15/h2-7,9,12H,8,10H2,1H3,(H,21,24). The molecule has 2 aromatic carbocycles. The lowest BCUT2D eigenvalue weighted by Crippen LogP contribution is -2.28. The molecule has 1 N–H and O–H groups in total. The molecule has 3 rings (SSSR count). The molecule has 1 aliphatic heterocycles. The number of hydrogen-bond donors (Lipinski definition) is 1. The van der Waals surface area contributed by atoms with Gasteiger partial charge in [0, 0.05) is 29.4 Å². The van der Waals surface area contributed by atoms with Crippen LogP contribution in [0.2, 0.25) is 5.02 Å². The minimum atomic E-state index is -0.457. The zero-order chi connectivity index (χ0) is 17.3. The number of carbonyl (C=O) groups is 2. The molecule has 1 saturated heterocycles. The Morgan fingerprint density at radius 2 is 2.08 bits per heavy atom. The number of halogens is 2. The minimum absolute atomic E-state index is 0.117. The molecule has 24 heavy (non-hydrogen) atoms. The van der Waals surface area contributed by atoms with E-state index in [2.05, 4.69) is 5.32 Å². The third kappa shape index (κ3) is 3.41. The lowest BCUT2D eigenvalue weighted by molar-refractivity contribution is -0.122. The molecule has 1 unspecified atom stereocenters. The van der Waals surface area contributed by atoms with Gasteiger partial charge in [-0.1, -0.05) is 17.7 Å². The quantitative estimate of drug-likeness (QED) is 0.919. The number of anilines is 2. The maximum absolute atomic E-state index is 13.1. The van der Waals surface area contributed by atoms with Crippen molar-refractivity contribution in [2.24, 2.45) is 5.92 Å². The molecule has 1 heterocycles. The molecule has 124 valence electrons. The van der Waals surface area contributed by atoms with E-state index in [9.17, 15) is 14.0 Å². The van der Waals surface area contributed by atoms with Crippen LogP contribution in [-0.2, 0) is 9.59 Å². The van der Waals surface area contributed by atoms with Crippen molar-refractivity contribution in [2.75, 3.05) is 16.8 Å². The molecule has 2 aromatic rings. The van der Waals surface area contributed by atoms with Crippen LogP contribution in [0.1, 0.15) is 12.0 Å². The zero-order valence-corrected chi connectivity index (χ0v) is 13.8. The minimum Gasteiger partial charge on any atom is -0.326 e. The van der Waals surface area contributed by atoms with Crippen LogP contribution in [0, 0.1) is 18.7 Å². The van der Waals surface area contributed by atoms with Gasteiger partial charge in [0.2, 0.25) is 11.8 Å². The van der Waals surface area contributed by atoms with Gasteiger partial charge < -0.3 is 10.2 Å². The van der Waals surface area contributed by atoms with Crippen LogP contribution in [-0.4, -0.2) is 18.4 Å². The van der Waals surface area contributed by atoms with Crippen LogP contribution in [0.25, 0.3) is 0 Å². The molecule has 4 nitrogen and oxygen atoms in total. The van der Waals surface area contributed by atoms with Crippen LogP contribution in [0.15, 0.2) is 42.5 Å². The fourth-order valence-corrected chi connectivity index (χ4v) is 2.96. The monoisotopic (exact) mass is 346 g/mol. The van der Waals surface area contributed by atoms with Crippen LogP contribution in [0.3, 0.4) is 0 Å². The molecule has 0 bridgehead atoms. The zero-order valence-electron chi connectivity index (χ0n) is 13.1. The summed E-state index contributed by atoms with van der Waals surface area (Å²) >= 11 is 5.96. The Balaban J connectivity index is 1.72. The average molecular weight is 347 g/mol. The topological polar surface area (TPSA) is 49.4 Å². The van der Waals surface area contributed by atoms with Gasteiger partial charge in [-0.25, -0.2) is 4.39 Å². The Bertz CT molecular complexity index is 809. The van der Waals surface area contributed by atoms with Crippen LogP contribution >= 0.6 is 11.6 Å². The molecule has 0 aromatic heterocycles. The second kappa shape index (κ2) is 6.61. The second-order valence-corrected chi connectivity index (χ2v) is 6.27. The van der Waals surface area contributed by atoms with E-state index in [0.717, 1.165) is 0 Å². The van der Waals surface area contributed by atoms with E-state index in [1.165, 1.54) is 18.2 Å². The first-order valence-corrected chi connectivity index (χ1v) is 7.95. The van der Waals surface area contributed by atoms with Gasteiger partial charge in [0.15, 0.2) is 0 Å². The van der Waals surface area contributed by atoms with Crippen molar-refractivity contribution >= 4 is 34.8 Å². The van der Waals surface area contributed by atoms with Crippen molar-refractivity contribution in [1.82, 2.24) is 0 Å². The molecular weight excluding hydrogens is 331 g/mol. The number of nitrogens with zero attached hydrogens (tertiary/aromatic N) is 1. The summed E-state index contributed by atoms with van der Waals surface area (Å²) in [6.07, 6.45) is 0.137. The number of benzene rings is 2. The van der Waals surface area contributed by atoms with Crippen molar-refractivity contribution in [3.05, 3.63) is 58.9 Å². The van der Waals surface area contributed by atoms with Crippen molar-refractivity contribution in [3.63, 3.8) is 0 Å². The SMILES string of the molecule is Cc1cc(F)ccc1NC(=O)C1CC(=O)N(c2cccc(Cl)c2)C1. The molecular formula is C18H16ClFN2O2. The number of nitrogens with one attached hydrogen (secondary N) is 1. The van der Waals surface area contributed by atoms with Crippen molar-refractivity contribution in [1.29, 1.82) is 0 Å². The summed E-state index contributed by atoms with van der Waals surface area (Å²) in [5.74, 6) is -1.18. The highest BCUT2D eigenvalue weighted by atomic mass is 35.5. The summed E-state index contributed by atoms with van der Waals surface area (Å²) in [5.41, 5.74) is 1.87. The van der Waals surface area contributed by atoms with Crippen LogP contribution in [0.4, 0.5) is 15.8 Å². The average Bonchev–Trinajstić information content (AvgIpc) is 2.92. The largest absolute Gasteiger partial charge is 0.326 e. The Morgan fingerprint density at radius 3 is 2.79 bits per heavy atom. The van der Waals surface area contributed by atoms with E-state index in [0.29, 0.717) is 28.5 Å². The van der Waals surface area contributed by atoms with Crippen molar-refractivity contribution in [2.45, 2.75) is 13.3 Å².